The Labute approximate surface area is 130 Å². The summed E-state index contributed by atoms with van der Waals surface area (Å²) in [5.74, 6) is 0. The van der Waals surface area contributed by atoms with Crippen molar-refractivity contribution in [2.45, 2.75) is 63.6 Å². The lowest BCUT2D eigenvalue weighted by Crippen LogP contribution is -2.65. The predicted octanol–water partition coefficient (Wildman–Crippen LogP) is 1.36. The van der Waals surface area contributed by atoms with Crippen LogP contribution in [-0.2, 0) is 0 Å². The number of nitrogens with zero attached hydrogens (tertiary/aromatic N) is 3. The third-order valence-corrected chi connectivity index (χ3v) is 6.56. The minimum absolute atomic E-state index is 0.299. The van der Waals surface area contributed by atoms with Crippen LogP contribution in [0.3, 0.4) is 0 Å². The fourth-order valence-electron chi connectivity index (χ4n) is 4.81. The average molecular weight is 294 g/mol. The topological polar surface area (TPSA) is 35.7 Å². The largest absolute Gasteiger partial charge is 0.329 e. The molecule has 3 atom stereocenters. The molecule has 2 N–H and O–H groups in total. The van der Waals surface area contributed by atoms with E-state index < -0.39 is 0 Å². The van der Waals surface area contributed by atoms with E-state index in [1.807, 2.05) is 0 Å². The lowest BCUT2D eigenvalue weighted by molar-refractivity contribution is -0.0239. The molecule has 122 valence electrons. The predicted molar refractivity (Wildman–Crippen MR) is 88.5 cm³/mol. The second-order valence-electron chi connectivity index (χ2n) is 7.49. The third kappa shape index (κ3) is 3.00. The Kier molecular flexibility index (Phi) is 4.89. The van der Waals surface area contributed by atoms with Gasteiger partial charge in [0.05, 0.1) is 0 Å². The first-order valence-corrected chi connectivity index (χ1v) is 9.12. The van der Waals surface area contributed by atoms with Gasteiger partial charge >= 0.3 is 0 Å². The van der Waals surface area contributed by atoms with E-state index in [0.29, 0.717) is 5.54 Å². The lowest BCUT2D eigenvalue weighted by atomic mass is 9.81. The van der Waals surface area contributed by atoms with E-state index in [2.05, 4.69) is 28.5 Å². The van der Waals surface area contributed by atoms with Gasteiger partial charge in [0.2, 0.25) is 0 Å². The highest BCUT2D eigenvalue weighted by Crippen LogP contribution is 2.37. The minimum Gasteiger partial charge on any atom is -0.329 e. The van der Waals surface area contributed by atoms with Crippen molar-refractivity contribution in [3.63, 3.8) is 0 Å². The van der Waals surface area contributed by atoms with Crippen LogP contribution in [0.5, 0.6) is 0 Å². The summed E-state index contributed by atoms with van der Waals surface area (Å²) >= 11 is 0. The van der Waals surface area contributed by atoms with Crippen LogP contribution in [0.25, 0.3) is 0 Å². The van der Waals surface area contributed by atoms with Gasteiger partial charge in [-0.25, -0.2) is 0 Å². The number of rotatable bonds is 4. The van der Waals surface area contributed by atoms with Gasteiger partial charge in [-0.05, 0) is 45.6 Å². The molecule has 0 amide bonds. The summed E-state index contributed by atoms with van der Waals surface area (Å²) in [5.41, 5.74) is 6.60. The van der Waals surface area contributed by atoms with Crippen molar-refractivity contribution < 1.29 is 0 Å². The van der Waals surface area contributed by atoms with Crippen molar-refractivity contribution >= 4 is 0 Å². The molecular formula is C17H34N4. The molecule has 3 saturated heterocycles. The summed E-state index contributed by atoms with van der Waals surface area (Å²) in [4.78, 5) is 8.12. The molecule has 3 unspecified atom stereocenters. The Bertz CT molecular complexity index is 340. The van der Waals surface area contributed by atoms with Crippen LogP contribution < -0.4 is 5.73 Å². The molecule has 0 aromatic carbocycles. The minimum atomic E-state index is 0.299. The highest BCUT2D eigenvalue weighted by molar-refractivity contribution is 5.03. The van der Waals surface area contributed by atoms with Gasteiger partial charge in [0.25, 0.3) is 0 Å². The molecule has 0 aromatic rings. The Morgan fingerprint density at radius 3 is 2.57 bits per heavy atom. The van der Waals surface area contributed by atoms with Crippen LogP contribution in [0.4, 0.5) is 0 Å². The van der Waals surface area contributed by atoms with E-state index in [-0.39, 0.29) is 0 Å². The van der Waals surface area contributed by atoms with Crippen LogP contribution >= 0.6 is 0 Å². The Morgan fingerprint density at radius 2 is 1.90 bits per heavy atom. The number of hydrogen-bond acceptors (Lipinski definition) is 4. The van der Waals surface area contributed by atoms with E-state index in [4.69, 9.17) is 5.73 Å². The first-order chi connectivity index (χ1) is 10.2. The maximum Gasteiger partial charge on any atom is 0.0359 e. The normalized spacial score (nSPS) is 37.6. The molecule has 0 saturated carbocycles. The van der Waals surface area contributed by atoms with Crippen molar-refractivity contribution in [1.29, 1.82) is 0 Å². The maximum absolute atomic E-state index is 6.30. The van der Waals surface area contributed by atoms with Crippen LogP contribution in [0, 0.1) is 0 Å². The number of hydrogen-bond donors (Lipinski definition) is 1. The molecule has 21 heavy (non-hydrogen) atoms. The lowest BCUT2D eigenvalue weighted by Gasteiger charge is -2.53. The molecule has 4 nitrogen and oxygen atoms in total. The zero-order valence-electron chi connectivity index (χ0n) is 14.1. The highest BCUT2D eigenvalue weighted by atomic mass is 15.3. The number of piperidine rings is 1. The zero-order chi connectivity index (χ0) is 14.9. The monoisotopic (exact) mass is 294 g/mol. The fraction of sp³-hybridized carbons (Fsp3) is 1.00. The summed E-state index contributed by atoms with van der Waals surface area (Å²) in [6.45, 7) is 13.0. The van der Waals surface area contributed by atoms with Crippen molar-refractivity contribution in [3.05, 3.63) is 0 Å². The molecule has 0 aromatic heterocycles. The molecule has 4 heteroatoms. The molecule has 0 spiro atoms. The average Bonchev–Trinajstić information content (AvgIpc) is 3.01. The second kappa shape index (κ2) is 6.53. The van der Waals surface area contributed by atoms with E-state index in [1.54, 1.807) is 0 Å². The number of fused-ring (bicyclic) bond motifs is 1. The van der Waals surface area contributed by atoms with E-state index in [1.165, 1.54) is 71.4 Å². The molecule has 0 bridgehead atoms. The van der Waals surface area contributed by atoms with Gasteiger partial charge < -0.3 is 10.6 Å². The summed E-state index contributed by atoms with van der Waals surface area (Å²) < 4.78 is 0. The van der Waals surface area contributed by atoms with Gasteiger partial charge in [-0.15, -0.1) is 0 Å². The van der Waals surface area contributed by atoms with Gasteiger partial charge in [-0.2, -0.15) is 0 Å². The Balaban J connectivity index is 1.62. The third-order valence-electron chi connectivity index (χ3n) is 6.56. The first-order valence-electron chi connectivity index (χ1n) is 9.12. The molecule has 3 rings (SSSR count). The van der Waals surface area contributed by atoms with E-state index in [0.717, 1.165) is 18.6 Å². The smallest absolute Gasteiger partial charge is 0.0359 e. The van der Waals surface area contributed by atoms with E-state index >= 15 is 0 Å². The van der Waals surface area contributed by atoms with Gasteiger partial charge in [-0.3, -0.25) is 9.80 Å². The Hall–Kier alpha value is -0.160. The molecule has 0 aliphatic carbocycles. The van der Waals surface area contributed by atoms with Crippen LogP contribution in [0.1, 0.15) is 46.0 Å². The molecule has 0 radical (unpaired) electrons. The molecule has 3 aliphatic rings. The summed E-state index contributed by atoms with van der Waals surface area (Å²) in [5, 5.41) is 0. The maximum atomic E-state index is 6.30. The SMILES string of the molecule is CCC(C)N1CCN(C2(CN)CCN3CCCC3C2)CC1. The first kappa shape index (κ1) is 15.7. The quantitative estimate of drug-likeness (QED) is 0.849. The molecular weight excluding hydrogens is 260 g/mol. The summed E-state index contributed by atoms with van der Waals surface area (Å²) in [6.07, 6.45) is 6.65. The molecule has 3 fully saturated rings. The second-order valence-corrected chi connectivity index (χ2v) is 7.49. The number of nitrogens with two attached hydrogens (primary N) is 1. The molecule has 3 aliphatic heterocycles. The van der Waals surface area contributed by atoms with Crippen molar-refractivity contribution in [1.82, 2.24) is 14.7 Å². The molecule has 3 heterocycles. The van der Waals surface area contributed by atoms with Crippen LogP contribution in [0.2, 0.25) is 0 Å². The number of piperazine rings is 1. The summed E-state index contributed by atoms with van der Waals surface area (Å²) in [7, 11) is 0. The summed E-state index contributed by atoms with van der Waals surface area (Å²) in [6, 6.07) is 1.55. The van der Waals surface area contributed by atoms with Gasteiger partial charge in [-0.1, -0.05) is 6.92 Å². The zero-order valence-corrected chi connectivity index (χ0v) is 14.1. The standard InChI is InChI=1S/C17H34N4/c1-3-15(2)19-9-11-21(12-10-19)17(14-18)6-8-20-7-4-5-16(20)13-17/h15-16H,3-14,18H2,1-2H3. The van der Waals surface area contributed by atoms with E-state index in [9.17, 15) is 0 Å². The van der Waals surface area contributed by atoms with Crippen LogP contribution in [-0.4, -0.2) is 78.1 Å². The van der Waals surface area contributed by atoms with Gasteiger partial charge in [0.15, 0.2) is 0 Å². The highest BCUT2D eigenvalue weighted by Gasteiger charge is 2.44. The van der Waals surface area contributed by atoms with Crippen molar-refractivity contribution in [2.24, 2.45) is 5.73 Å². The van der Waals surface area contributed by atoms with Gasteiger partial charge in [0, 0.05) is 56.9 Å². The van der Waals surface area contributed by atoms with Gasteiger partial charge in [0.1, 0.15) is 0 Å². The van der Waals surface area contributed by atoms with Crippen molar-refractivity contribution in [2.75, 3.05) is 45.8 Å². The Morgan fingerprint density at radius 1 is 1.14 bits per heavy atom. The van der Waals surface area contributed by atoms with Crippen LogP contribution in [0.15, 0.2) is 0 Å². The van der Waals surface area contributed by atoms with Crippen molar-refractivity contribution in [3.8, 4) is 0 Å². The fourth-order valence-corrected chi connectivity index (χ4v) is 4.81.